The van der Waals surface area contributed by atoms with Crippen LogP contribution in [0, 0.1) is 0 Å². The van der Waals surface area contributed by atoms with E-state index < -0.39 is 7.14 Å². The fourth-order valence-corrected chi connectivity index (χ4v) is 6.66. The van der Waals surface area contributed by atoms with Gasteiger partial charge in [0.25, 0.3) is 0 Å². The van der Waals surface area contributed by atoms with Crippen LogP contribution in [-0.2, 0) is 17.4 Å². The molecule has 1 fully saturated rings. The Morgan fingerprint density at radius 2 is 1.96 bits per heavy atom. The van der Waals surface area contributed by atoms with Crippen molar-refractivity contribution in [2.45, 2.75) is 25.7 Å². The zero-order valence-electron chi connectivity index (χ0n) is 14.0. The van der Waals surface area contributed by atoms with E-state index in [0.29, 0.717) is 0 Å². The van der Waals surface area contributed by atoms with Crippen molar-refractivity contribution in [2.24, 2.45) is 0 Å². The second-order valence-electron chi connectivity index (χ2n) is 6.81. The van der Waals surface area contributed by atoms with Crippen molar-refractivity contribution in [3.05, 3.63) is 53.6 Å². The number of hydrogen-bond acceptors (Lipinski definition) is 3. The van der Waals surface area contributed by atoms with E-state index >= 15 is 0 Å². The summed E-state index contributed by atoms with van der Waals surface area (Å²) in [7, 11) is -2.10. The van der Waals surface area contributed by atoms with E-state index in [1.165, 1.54) is 11.1 Å². The van der Waals surface area contributed by atoms with E-state index in [0.717, 1.165) is 67.9 Å². The summed E-state index contributed by atoms with van der Waals surface area (Å²) in [5.74, 6) is 1.04. The van der Waals surface area contributed by atoms with E-state index in [-0.39, 0.29) is 0 Å². The number of hydrogen-bond donors (Lipinski definition) is 1. The first-order valence-corrected chi connectivity index (χ1v) is 11.0. The van der Waals surface area contributed by atoms with Gasteiger partial charge in [-0.2, -0.15) is 0 Å². The van der Waals surface area contributed by atoms with Crippen molar-refractivity contribution >= 4 is 18.1 Å². The van der Waals surface area contributed by atoms with Crippen molar-refractivity contribution in [3.8, 4) is 5.75 Å². The average Bonchev–Trinajstić information content (AvgIpc) is 3.24. The summed E-state index contributed by atoms with van der Waals surface area (Å²) in [6.07, 6.45) is 5.98. The van der Waals surface area contributed by atoms with Gasteiger partial charge in [0.05, 0.1) is 6.61 Å². The summed E-state index contributed by atoms with van der Waals surface area (Å²) in [4.78, 5) is 0. The maximum absolute atomic E-state index is 12.9. The number of ether oxygens (including phenoxy) is 1. The summed E-state index contributed by atoms with van der Waals surface area (Å²) in [5.41, 5.74) is 3.75. The Morgan fingerprint density at radius 1 is 1.08 bits per heavy atom. The first-order valence-electron chi connectivity index (χ1n) is 8.90. The van der Waals surface area contributed by atoms with Crippen LogP contribution < -0.4 is 15.4 Å². The second-order valence-corrected chi connectivity index (χ2v) is 10.0. The van der Waals surface area contributed by atoms with Gasteiger partial charge >= 0.3 is 0 Å². The van der Waals surface area contributed by atoms with Gasteiger partial charge in [0.2, 0.25) is 0 Å². The maximum Gasteiger partial charge on any atom is 0.122 e. The van der Waals surface area contributed by atoms with E-state index in [4.69, 9.17) is 4.74 Å². The molecule has 2 heterocycles. The molecule has 24 heavy (non-hydrogen) atoms. The number of fused-ring (bicyclic) bond motifs is 1. The number of benzene rings is 2. The lowest BCUT2D eigenvalue weighted by Crippen LogP contribution is -2.10. The number of anilines is 1. The van der Waals surface area contributed by atoms with Crippen molar-refractivity contribution in [2.75, 3.05) is 30.8 Å². The molecular formula is C20H24NO2P. The fraction of sp³-hybridized carbons (Fsp3) is 0.400. The molecule has 0 aliphatic carbocycles. The monoisotopic (exact) mass is 341 g/mol. The van der Waals surface area contributed by atoms with Gasteiger partial charge in [-0.15, -0.1) is 0 Å². The minimum absolute atomic E-state index is 0.809. The Balaban J connectivity index is 1.38. The van der Waals surface area contributed by atoms with Crippen LogP contribution in [0.25, 0.3) is 0 Å². The minimum atomic E-state index is -2.10. The summed E-state index contributed by atoms with van der Waals surface area (Å²) in [5, 5.41) is 4.54. The molecule has 4 rings (SSSR count). The highest BCUT2D eigenvalue weighted by Gasteiger charge is 2.28. The van der Waals surface area contributed by atoms with Crippen LogP contribution >= 0.6 is 7.14 Å². The van der Waals surface area contributed by atoms with Crippen molar-refractivity contribution in [3.63, 3.8) is 0 Å². The van der Waals surface area contributed by atoms with Gasteiger partial charge < -0.3 is 14.6 Å². The highest BCUT2D eigenvalue weighted by atomic mass is 31.2. The Kier molecular flexibility index (Phi) is 4.37. The van der Waals surface area contributed by atoms with Crippen LogP contribution in [0.4, 0.5) is 5.69 Å². The molecule has 1 saturated heterocycles. The molecular weight excluding hydrogens is 317 g/mol. The molecule has 126 valence electrons. The molecule has 0 amide bonds. The standard InChI is InChI=1S/C20H24NO2P/c22-24(12-1-2-13-24)19-5-3-4-18(15-19)21-10-8-16-6-7-20-17(14-16)9-11-23-20/h3-7,14-15,21H,1-2,8-13H2. The van der Waals surface area contributed by atoms with Crippen LogP contribution in [0.3, 0.4) is 0 Å². The third-order valence-electron chi connectivity index (χ3n) is 5.10. The summed E-state index contributed by atoms with van der Waals surface area (Å²) in [6.45, 7) is 1.69. The zero-order chi connectivity index (χ0) is 16.4. The predicted molar refractivity (Wildman–Crippen MR) is 100 cm³/mol. The molecule has 2 aromatic rings. The van der Waals surface area contributed by atoms with Crippen LogP contribution in [0.1, 0.15) is 24.0 Å². The Bertz CT molecular complexity index is 777. The SMILES string of the molecule is O=P1(c2cccc(NCCc3ccc4c(c3)CCO4)c2)CCCC1. The Hall–Kier alpha value is -1.73. The molecule has 0 bridgehead atoms. The highest BCUT2D eigenvalue weighted by molar-refractivity contribution is 7.71. The van der Waals surface area contributed by atoms with Crippen LogP contribution in [0.15, 0.2) is 42.5 Å². The normalized spacial score (nSPS) is 18.2. The van der Waals surface area contributed by atoms with Gasteiger partial charge in [-0.1, -0.05) is 24.3 Å². The van der Waals surface area contributed by atoms with Gasteiger partial charge in [0.15, 0.2) is 0 Å². The number of nitrogens with one attached hydrogen (secondary N) is 1. The molecule has 0 saturated carbocycles. The number of rotatable bonds is 5. The summed E-state index contributed by atoms with van der Waals surface area (Å²) in [6, 6.07) is 14.7. The molecule has 0 aromatic heterocycles. The smallest absolute Gasteiger partial charge is 0.122 e. The average molecular weight is 341 g/mol. The predicted octanol–water partition coefficient (Wildman–Crippen LogP) is 4.06. The highest BCUT2D eigenvalue weighted by Crippen LogP contribution is 2.51. The van der Waals surface area contributed by atoms with E-state index in [1.807, 2.05) is 12.1 Å². The molecule has 0 radical (unpaired) electrons. The van der Waals surface area contributed by atoms with Crippen molar-refractivity contribution in [1.29, 1.82) is 0 Å². The topological polar surface area (TPSA) is 38.3 Å². The van der Waals surface area contributed by atoms with E-state index in [9.17, 15) is 4.57 Å². The van der Waals surface area contributed by atoms with Crippen molar-refractivity contribution < 1.29 is 9.30 Å². The lowest BCUT2D eigenvalue weighted by atomic mass is 10.1. The van der Waals surface area contributed by atoms with Gasteiger partial charge in [-0.25, -0.2) is 0 Å². The quantitative estimate of drug-likeness (QED) is 0.834. The molecule has 1 N–H and O–H groups in total. The molecule has 2 aromatic carbocycles. The molecule has 4 heteroatoms. The summed E-state index contributed by atoms with van der Waals surface area (Å²) < 4.78 is 18.5. The molecule has 0 unspecified atom stereocenters. The molecule has 0 spiro atoms. The lowest BCUT2D eigenvalue weighted by Gasteiger charge is -2.14. The second kappa shape index (κ2) is 6.64. The third kappa shape index (κ3) is 3.23. The van der Waals surface area contributed by atoms with Crippen molar-refractivity contribution in [1.82, 2.24) is 0 Å². The van der Waals surface area contributed by atoms with Gasteiger partial charge in [0.1, 0.15) is 12.9 Å². The first-order chi connectivity index (χ1) is 11.7. The van der Waals surface area contributed by atoms with Gasteiger partial charge in [-0.3, -0.25) is 0 Å². The Morgan fingerprint density at radius 3 is 2.83 bits per heavy atom. The largest absolute Gasteiger partial charge is 0.493 e. The summed E-state index contributed by atoms with van der Waals surface area (Å²) >= 11 is 0. The van der Waals surface area contributed by atoms with E-state index in [1.54, 1.807) is 0 Å². The maximum atomic E-state index is 12.9. The van der Waals surface area contributed by atoms with Gasteiger partial charge in [0, 0.05) is 36.3 Å². The minimum Gasteiger partial charge on any atom is -0.493 e. The molecule has 3 nitrogen and oxygen atoms in total. The molecule has 0 atom stereocenters. The zero-order valence-corrected chi connectivity index (χ0v) is 14.9. The Labute approximate surface area is 143 Å². The molecule has 2 aliphatic rings. The van der Waals surface area contributed by atoms with Gasteiger partial charge in [-0.05, 0) is 48.6 Å². The van der Waals surface area contributed by atoms with Crippen LogP contribution in [0.2, 0.25) is 0 Å². The lowest BCUT2D eigenvalue weighted by molar-refractivity contribution is 0.357. The van der Waals surface area contributed by atoms with Crippen LogP contribution in [0.5, 0.6) is 5.75 Å². The first kappa shape index (κ1) is 15.8. The van der Waals surface area contributed by atoms with E-state index in [2.05, 4.69) is 35.6 Å². The third-order valence-corrected chi connectivity index (χ3v) is 8.40. The molecule has 2 aliphatic heterocycles. The fourth-order valence-electron chi connectivity index (χ4n) is 3.72. The van der Waals surface area contributed by atoms with Crippen LogP contribution in [-0.4, -0.2) is 25.5 Å².